The lowest BCUT2D eigenvalue weighted by molar-refractivity contribution is -0.120. The Morgan fingerprint density at radius 1 is 1.41 bits per heavy atom. The third-order valence-corrected chi connectivity index (χ3v) is 6.22. The quantitative estimate of drug-likeness (QED) is 0.895. The monoisotopic (exact) mass is 325 g/mol. The van der Waals surface area contributed by atoms with Crippen molar-refractivity contribution in [1.29, 1.82) is 0 Å². The van der Waals surface area contributed by atoms with Crippen LogP contribution in [0.2, 0.25) is 0 Å². The van der Waals surface area contributed by atoms with Crippen LogP contribution in [0.1, 0.15) is 30.9 Å². The van der Waals surface area contributed by atoms with Crippen molar-refractivity contribution in [3.8, 4) is 0 Å². The normalized spacial score (nSPS) is 19.9. The summed E-state index contributed by atoms with van der Waals surface area (Å²) in [5.41, 5.74) is 1.66. The first-order valence-electron chi connectivity index (χ1n) is 7.53. The molecule has 0 radical (unpaired) electrons. The van der Waals surface area contributed by atoms with Crippen LogP contribution in [0, 0.1) is 13.8 Å². The van der Waals surface area contributed by atoms with Crippen LogP contribution in [-0.4, -0.2) is 38.8 Å². The molecular weight excluding hydrogens is 302 g/mol. The van der Waals surface area contributed by atoms with Crippen molar-refractivity contribution < 1.29 is 17.9 Å². The minimum atomic E-state index is -3.68. The summed E-state index contributed by atoms with van der Waals surface area (Å²) in [5, 5.41) is 1.57. The van der Waals surface area contributed by atoms with Crippen LogP contribution in [0.3, 0.4) is 0 Å². The van der Waals surface area contributed by atoms with Crippen molar-refractivity contribution in [2.24, 2.45) is 0 Å². The molecule has 1 amide bonds. The first kappa shape index (κ1) is 17.0. The van der Waals surface area contributed by atoms with Gasteiger partial charge in [-0.1, -0.05) is 17.7 Å². The van der Waals surface area contributed by atoms with E-state index in [1.165, 1.54) is 6.92 Å². The molecule has 0 bridgehead atoms. The zero-order chi connectivity index (χ0) is 16.3. The van der Waals surface area contributed by atoms with Gasteiger partial charge in [0, 0.05) is 13.2 Å². The van der Waals surface area contributed by atoms with E-state index in [9.17, 15) is 13.2 Å². The summed E-state index contributed by atoms with van der Waals surface area (Å²) >= 11 is 0. The molecule has 5 nitrogen and oxygen atoms in total. The third-order valence-electron chi connectivity index (χ3n) is 4.00. The molecule has 2 rings (SSSR count). The number of nitrogens with one attached hydrogen (secondary N) is 1. The van der Waals surface area contributed by atoms with Crippen molar-refractivity contribution in [3.05, 3.63) is 29.3 Å². The minimum Gasteiger partial charge on any atom is -0.376 e. The number of hydrogen-bond acceptors (Lipinski definition) is 4. The van der Waals surface area contributed by atoms with Gasteiger partial charge in [0.2, 0.25) is 5.91 Å². The maximum Gasteiger partial charge on any atom is 0.238 e. The highest BCUT2D eigenvalue weighted by Crippen LogP contribution is 2.21. The van der Waals surface area contributed by atoms with Gasteiger partial charge < -0.3 is 10.1 Å². The van der Waals surface area contributed by atoms with Gasteiger partial charge in [-0.3, -0.25) is 4.79 Å². The molecule has 6 heteroatoms. The summed E-state index contributed by atoms with van der Waals surface area (Å²) in [6, 6.07) is 5.13. The summed E-state index contributed by atoms with van der Waals surface area (Å²) in [5.74, 6) is -0.476. The fraction of sp³-hybridized carbons (Fsp3) is 0.562. The van der Waals surface area contributed by atoms with E-state index in [0.717, 1.165) is 18.4 Å². The first-order valence-corrected chi connectivity index (χ1v) is 9.07. The lowest BCUT2D eigenvalue weighted by Gasteiger charge is -2.17. The van der Waals surface area contributed by atoms with Gasteiger partial charge in [0.15, 0.2) is 9.84 Å². The van der Waals surface area contributed by atoms with Crippen molar-refractivity contribution in [2.45, 2.75) is 49.9 Å². The van der Waals surface area contributed by atoms with E-state index in [0.29, 0.717) is 18.7 Å². The Kier molecular flexibility index (Phi) is 5.24. The number of rotatable bonds is 5. The fourth-order valence-electron chi connectivity index (χ4n) is 2.61. The number of benzene rings is 1. The van der Waals surface area contributed by atoms with Gasteiger partial charge in [0.25, 0.3) is 0 Å². The fourth-order valence-corrected chi connectivity index (χ4v) is 4.12. The summed E-state index contributed by atoms with van der Waals surface area (Å²) in [7, 11) is -3.68. The lowest BCUT2D eigenvalue weighted by Crippen LogP contribution is -2.41. The summed E-state index contributed by atoms with van der Waals surface area (Å²) in [6.45, 7) is 6.15. The molecule has 1 heterocycles. The molecular formula is C16H23NO4S. The lowest BCUT2D eigenvalue weighted by atomic mass is 10.2. The molecule has 1 aromatic carbocycles. The molecule has 0 aliphatic carbocycles. The number of amides is 1. The van der Waals surface area contributed by atoms with Gasteiger partial charge in [-0.05, 0) is 45.2 Å². The van der Waals surface area contributed by atoms with Crippen molar-refractivity contribution >= 4 is 15.7 Å². The molecule has 1 N–H and O–H groups in total. The molecule has 0 saturated carbocycles. The van der Waals surface area contributed by atoms with E-state index in [-0.39, 0.29) is 11.0 Å². The third kappa shape index (κ3) is 3.67. The molecule has 122 valence electrons. The smallest absolute Gasteiger partial charge is 0.238 e. The Hall–Kier alpha value is -1.40. The van der Waals surface area contributed by atoms with Crippen LogP contribution in [0.4, 0.5) is 0 Å². The molecule has 22 heavy (non-hydrogen) atoms. The van der Waals surface area contributed by atoms with Crippen LogP contribution in [-0.2, 0) is 19.4 Å². The second kappa shape index (κ2) is 6.79. The highest BCUT2D eigenvalue weighted by Gasteiger charge is 2.31. The Labute approximate surface area is 132 Å². The van der Waals surface area contributed by atoms with Gasteiger partial charge >= 0.3 is 0 Å². The SMILES string of the molecule is Cc1ccc(S(=O)(=O)[C@H](C)C(=O)NC[C@@H]2CCCO2)c(C)c1. The van der Waals surface area contributed by atoms with E-state index in [2.05, 4.69) is 5.32 Å². The topological polar surface area (TPSA) is 72.5 Å². The standard InChI is InChI=1S/C16H23NO4S/c1-11-6-7-15(12(2)9-11)22(19,20)13(3)16(18)17-10-14-5-4-8-21-14/h6-7,9,13-14H,4-5,8,10H2,1-3H3,(H,17,18)/t13-,14+/m1/s1. The Balaban J connectivity index is 2.08. The van der Waals surface area contributed by atoms with Gasteiger partial charge in [-0.2, -0.15) is 0 Å². The number of ether oxygens (including phenoxy) is 1. The highest BCUT2D eigenvalue weighted by atomic mass is 32.2. The van der Waals surface area contributed by atoms with Crippen molar-refractivity contribution in [1.82, 2.24) is 5.32 Å². The Morgan fingerprint density at radius 2 is 2.14 bits per heavy atom. The molecule has 1 aromatic rings. The average molecular weight is 325 g/mol. The van der Waals surface area contributed by atoms with E-state index in [4.69, 9.17) is 4.74 Å². The maximum absolute atomic E-state index is 12.6. The molecule has 1 aliphatic heterocycles. The van der Waals surface area contributed by atoms with Gasteiger partial charge in [0.1, 0.15) is 5.25 Å². The van der Waals surface area contributed by atoms with Gasteiger partial charge in [0.05, 0.1) is 11.0 Å². The highest BCUT2D eigenvalue weighted by molar-refractivity contribution is 7.92. The summed E-state index contributed by atoms with van der Waals surface area (Å²) in [6.07, 6.45) is 1.88. The zero-order valence-electron chi connectivity index (χ0n) is 13.3. The predicted molar refractivity (Wildman–Crippen MR) is 84.5 cm³/mol. The molecule has 0 spiro atoms. The molecule has 0 unspecified atom stereocenters. The number of aryl methyl sites for hydroxylation is 2. The van der Waals surface area contributed by atoms with Gasteiger partial charge in [-0.25, -0.2) is 8.42 Å². The number of hydrogen-bond donors (Lipinski definition) is 1. The second-order valence-corrected chi connectivity index (χ2v) is 8.07. The van der Waals surface area contributed by atoms with Crippen molar-refractivity contribution in [2.75, 3.05) is 13.2 Å². The van der Waals surface area contributed by atoms with Crippen LogP contribution < -0.4 is 5.32 Å². The predicted octanol–water partition coefficient (Wildman–Crippen LogP) is 1.76. The molecule has 1 fully saturated rings. The van der Waals surface area contributed by atoms with Gasteiger partial charge in [-0.15, -0.1) is 0 Å². The molecule has 1 saturated heterocycles. The van der Waals surface area contributed by atoms with Crippen LogP contribution >= 0.6 is 0 Å². The number of carbonyl (C=O) groups is 1. The van der Waals surface area contributed by atoms with E-state index >= 15 is 0 Å². The Bertz CT molecular complexity index is 648. The van der Waals surface area contributed by atoms with E-state index in [1.807, 2.05) is 13.0 Å². The summed E-state index contributed by atoms with van der Waals surface area (Å²) < 4.78 is 30.6. The first-order chi connectivity index (χ1) is 10.3. The minimum absolute atomic E-state index is 0.0000323. The average Bonchev–Trinajstić information content (AvgIpc) is 2.96. The summed E-state index contributed by atoms with van der Waals surface area (Å²) in [4.78, 5) is 12.4. The van der Waals surface area contributed by atoms with Crippen LogP contribution in [0.5, 0.6) is 0 Å². The Morgan fingerprint density at radius 3 is 2.73 bits per heavy atom. The zero-order valence-corrected chi connectivity index (χ0v) is 14.1. The van der Waals surface area contributed by atoms with E-state index < -0.39 is 21.0 Å². The number of carbonyl (C=O) groups excluding carboxylic acids is 1. The van der Waals surface area contributed by atoms with Crippen molar-refractivity contribution in [3.63, 3.8) is 0 Å². The van der Waals surface area contributed by atoms with Crippen LogP contribution in [0.15, 0.2) is 23.1 Å². The second-order valence-electron chi connectivity index (χ2n) is 5.84. The largest absolute Gasteiger partial charge is 0.376 e. The van der Waals surface area contributed by atoms with Crippen LogP contribution in [0.25, 0.3) is 0 Å². The number of sulfone groups is 1. The molecule has 2 atom stereocenters. The molecule has 0 aromatic heterocycles. The maximum atomic E-state index is 12.6. The molecule has 1 aliphatic rings. The van der Waals surface area contributed by atoms with E-state index in [1.54, 1.807) is 19.1 Å².